The Kier molecular flexibility index (Phi) is 8.20. The Morgan fingerprint density at radius 1 is 1.27 bits per heavy atom. The maximum Gasteiger partial charge on any atom is 0.410 e. The largest absolute Gasteiger partial charge is 0.444 e. The van der Waals surface area contributed by atoms with Crippen molar-refractivity contribution in [3.63, 3.8) is 0 Å². The van der Waals surface area contributed by atoms with Gasteiger partial charge in [-0.3, -0.25) is 0 Å². The van der Waals surface area contributed by atoms with Crippen LogP contribution in [-0.4, -0.2) is 65.1 Å². The van der Waals surface area contributed by atoms with Gasteiger partial charge in [0.2, 0.25) is 0 Å². The molecule has 1 saturated heterocycles. The molecule has 0 radical (unpaired) electrons. The minimum absolute atomic E-state index is 0.266. The number of piperidine rings is 1. The first kappa shape index (κ1) is 27.5. The summed E-state index contributed by atoms with van der Waals surface area (Å²) in [5.74, 6) is 0.405. The number of carbonyl (C=O) groups is 1. The molecule has 0 spiro atoms. The fraction of sp³-hybridized carbons (Fsp3) is 0.519. The second kappa shape index (κ2) is 11.0. The van der Waals surface area contributed by atoms with Gasteiger partial charge in [-0.25, -0.2) is 19.2 Å². The zero-order valence-electron chi connectivity index (χ0n) is 21.9. The Balaban J connectivity index is 1.46. The molecule has 2 aromatic rings. The Bertz CT molecular complexity index is 1260. The quantitative estimate of drug-likeness (QED) is 0.553. The van der Waals surface area contributed by atoms with Crippen LogP contribution in [-0.2, 0) is 14.2 Å². The van der Waals surface area contributed by atoms with Crippen LogP contribution < -0.4 is 15.9 Å². The third kappa shape index (κ3) is 6.66. The number of nitrogens with one attached hydrogen (secondary N) is 1. The van der Waals surface area contributed by atoms with Gasteiger partial charge in [-0.2, -0.15) is 0 Å². The van der Waals surface area contributed by atoms with E-state index in [1.807, 2.05) is 39.8 Å². The molecule has 2 heterocycles. The van der Waals surface area contributed by atoms with E-state index in [9.17, 15) is 9.18 Å². The van der Waals surface area contributed by atoms with E-state index in [2.05, 4.69) is 31.2 Å². The number of benzene rings is 1. The highest BCUT2D eigenvalue weighted by molar-refractivity contribution is 9.10. The van der Waals surface area contributed by atoms with Gasteiger partial charge in [-0.05, 0) is 76.8 Å². The molecule has 1 amide bonds. The molecule has 2 atom stereocenters. The predicted molar refractivity (Wildman–Crippen MR) is 143 cm³/mol. The van der Waals surface area contributed by atoms with Gasteiger partial charge in [-0.1, -0.05) is 15.9 Å². The lowest BCUT2D eigenvalue weighted by atomic mass is 9.92. The zero-order chi connectivity index (χ0) is 26.8. The summed E-state index contributed by atoms with van der Waals surface area (Å²) in [5.41, 5.74) is -0.942. The molecule has 2 aliphatic rings. The molecule has 1 aliphatic heterocycles. The molecule has 2 unspecified atom stereocenters. The van der Waals surface area contributed by atoms with Crippen LogP contribution in [0.4, 0.5) is 20.7 Å². The standard InChI is InChI=1S/C27H34BrFN4O4/c1-26(2,3)37-25(34)33-10-8-17(9-11-33)15-36-27(4)14-22-19(13-23(27)35-5)24(31-16-30-22)32-21-7-6-18(28)12-20(21)29/h6-7,12-14,16-17,23H,8-11,15H2,1-5H3,(H,30,31,32). The van der Waals surface area contributed by atoms with Crippen molar-refractivity contribution in [3.8, 4) is 0 Å². The summed E-state index contributed by atoms with van der Waals surface area (Å²) in [6.07, 6.45) is 6.31. The number of likely N-dealkylation sites (tertiary alicyclic amines) is 1. The van der Waals surface area contributed by atoms with E-state index >= 15 is 0 Å². The third-order valence-corrected chi connectivity index (χ3v) is 7.05. The van der Waals surface area contributed by atoms with E-state index in [1.165, 1.54) is 12.4 Å². The average Bonchev–Trinajstić information content (AvgIpc) is 2.83. The van der Waals surface area contributed by atoms with Gasteiger partial charge >= 0.3 is 6.09 Å². The van der Waals surface area contributed by atoms with Crippen LogP contribution in [0.5, 0.6) is 0 Å². The number of hydrogen-bond donors (Lipinski definition) is 1. The Morgan fingerprint density at radius 2 is 2.00 bits per heavy atom. The van der Waals surface area contributed by atoms with E-state index in [0.29, 0.717) is 46.9 Å². The van der Waals surface area contributed by atoms with Crippen LogP contribution in [0.25, 0.3) is 12.2 Å². The van der Waals surface area contributed by atoms with Crippen molar-refractivity contribution in [3.05, 3.63) is 45.4 Å². The van der Waals surface area contributed by atoms with Crippen LogP contribution in [0, 0.1) is 11.7 Å². The normalized spacial score (nSPS) is 22.0. The minimum Gasteiger partial charge on any atom is -0.444 e. The fourth-order valence-electron chi connectivity index (χ4n) is 4.51. The Morgan fingerprint density at radius 3 is 2.65 bits per heavy atom. The summed E-state index contributed by atoms with van der Waals surface area (Å²) >= 11 is 3.28. The Hall–Kier alpha value is -2.56. The van der Waals surface area contributed by atoms with Crippen molar-refractivity contribution in [1.29, 1.82) is 0 Å². The molecule has 1 aromatic heterocycles. The van der Waals surface area contributed by atoms with E-state index < -0.39 is 23.1 Å². The highest BCUT2D eigenvalue weighted by atomic mass is 79.9. The van der Waals surface area contributed by atoms with Gasteiger partial charge < -0.3 is 24.4 Å². The summed E-state index contributed by atoms with van der Waals surface area (Å²) in [6, 6.07) is 4.80. The van der Waals surface area contributed by atoms with E-state index in [4.69, 9.17) is 14.2 Å². The maximum absolute atomic E-state index is 14.4. The van der Waals surface area contributed by atoms with Gasteiger partial charge in [0.15, 0.2) is 0 Å². The molecule has 0 saturated carbocycles. The number of nitrogens with zero attached hydrogens (tertiary/aromatic N) is 3. The highest BCUT2D eigenvalue weighted by Gasteiger charge is 2.36. The van der Waals surface area contributed by atoms with Gasteiger partial charge in [0.05, 0.1) is 17.6 Å². The lowest BCUT2D eigenvalue weighted by Crippen LogP contribution is -2.51. The number of rotatable bonds is 6. The number of carbonyl (C=O) groups excluding carboxylic acids is 1. The first-order valence-corrected chi connectivity index (χ1v) is 13.2. The average molecular weight is 577 g/mol. The molecular weight excluding hydrogens is 543 g/mol. The van der Waals surface area contributed by atoms with Gasteiger partial charge in [0.25, 0.3) is 0 Å². The van der Waals surface area contributed by atoms with Crippen LogP contribution in [0.3, 0.4) is 0 Å². The van der Waals surface area contributed by atoms with E-state index in [0.717, 1.165) is 18.1 Å². The monoisotopic (exact) mass is 576 g/mol. The number of anilines is 2. The molecular formula is C27H34BrFN4O4. The summed E-state index contributed by atoms with van der Waals surface area (Å²) in [5, 5.41) is 4.48. The van der Waals surface area contributed by atoms with Crippen molar-refractivity contribution in [2.24, 2.45) is 5.92 Å². The van der Waals surface area contributed by atoms with Crippen molar-refractivity contribution in [1.82, 2.24) is 14.9 Å². The number of methoxy groups -OCH3 is 1. The topological polar surface area (TPSA) is 85.8 Å². The van der Waals surface area contributed by atoms with Crippen molar-refractivity contribution in [2.45, 2.75) is 57.8 Å². The molecule has 8 nitrogen and oxygen atoms in total. The van der Waals surface area contributed by atoms with Crippen LogP contribution in [0.15, 0.2) is 29.0 Å². The van der Waals surface area contributed by atoms with Crippen LogP contribution >= 0.6 is 15.9 Å². The summed E-state index contributed by atoms with van der Waals surface area (Å²) in [6.45, 7) is 9.39. The lowest BCUT2D eigenvalue weighted by Gasteiger charge is -2.37. The molecule has 1 fully saturated rings. The zero-order valence-corrected chi connectivity index (χ0v) is 23.5. The molecule has 0 bridgehead atoms. The fourth-order valence-corrected chi connectivity index (χ4v) is 4.84. The van der Waals surface area contributed by atoms with E-state index in [1.54, 1.807) is 24.1 Å². The maximum atomic E-state index is 14.4. The second-order valence-corrected chi connectivity index (χ2v) is 11.6. The van der Waals surface area contributed by atoms with Crippen molar-refractivity contribution < 1.29 is 23.4 Å². The van der Waals surface area contributed by atoms with Gasteiger partial charge in [-0.15, -0.1) is 0 Å². The smallest absolute Gasteiger partial charge is 0.410 e. The number of halogens is 2. The Labute approximate surface area is 225 Å². The van der Waals surface area contributed by atoms with Crippen LogP contribution in [0.1, 0.15) is 40.5 Å². The highest BCUT2D eigenvalue weighted by Crippen LogP contribution is 2.28. The molecule has 200 valence electrons. The number of amides is 1. The predicted octanol–water partition coefficient (Wildman–Crippen LogP) is 4.13. The summed E-state index contributed by atoms with van der Waals surface area (Å²) in [7, 11) is 1.63. The molecule has 4 rings (SSSR count). The molecule has 37 heavy (non-hydrogen) atoms. The second-order valence-electron chi connectivity index (χ2n) is 10.6. The van der Waals surface area contributed by atoms with Gasteiger partial charge in [0.1, 0.15) is 35.3 Å². The molecule has 1 aromatic carbocycles. The first-order valence-electron chi connectivity index (χ1n) is 12.4. The van der Waals surface area contributed by atoms with Crippen LogP contribution in [0.2, 0.25) is 0 Å². The number of hydrogen-bond acceptors (Lipinski definition) is 7. The number of aromatic nitrogens is 2. The summed E-state index contributed by atoms with van der Waals surface area (Å²) < 4.78 is 32.8. The van der Waals surface area contributed by atoms with Crippen molar-refractivity contribution >= 4 is 45.7 Å². The SMILES string of the molecule is COC1C=c2c(Nc3ccc(Br)cc3F)ncnc2=CC1(C)OCC1CCN(C(=O)OC(C)(C)C)CC1. The summed E-state index contributed by atoms with van der Waals surface area (Å²) in [4.78, 5) is 22.9. The lowest BCUT2D eigenvalue weighted by molar-refractivity contribution is -0.0778. The first-order chi connectivity index (χ1) is 17.5. The minimum atomic E-state index is -0.751. The van der Waals surface area contributed by atoms with Gasteiger partial charge in [0, 0.05) is 29.9 Å². The number of fused-ring (bicyclic) bond motifs is 1. The van der Waals surface area contributed by atoms with Crippen molar-refractivity contribution in [2.75, 3.05) is 32.1 Å². The number of ether oxygens (including phenoxy) is 3. The molecule has 1 N–H and O–H groups in total. The molecule has 10 heteroatoms. The third-order valence-electron chi connectivity index (χ3n) is 6.56. The van der Waals surface area contributed by atoms with E-state index in [-0.39, 0.29) is 6.09 Å². The molecule has 1 aliphatic carbocycles.